The number of phenols is 1. The van der Waals surface area contributed by atoms with E-state index in [-0.39, 0.29) is 23.2 Å². The van der Waals surface area contributed by atoms with Gasteiger partial charge in [0.05, 0.1) is 36.8 Å². The van der Waals surface area contributed by atoms with Gasteiger partial charge >= 0.3 is 5.97 Å². The zero-order valence-electron chi connectivity index (χ0n) is 20.1. The number of fused-ring (bicyclic) bond motifs is 1. The van der Waals surface area contributed by atoms with E-state index < -0.39 is 17.8 Å². The molecule has 1 unspecified atom stereocenters. The van der Waals surface area contributed by atoms with E-state index >= 15 is 0 Å². The number of hydrogen-bond donors (Lipinski definition) is 1. The Morgan fingerprint density at radius 1 is 1.11 bits per heavy atom. The van der Waals surface area contributed by atoms with Gasteiger partial charge in [-0.3, -0.25) is 9.79 Å². The number of methoxy groups -OCH3 is 2. The van der Waals surface area contributed by atoms with Gasteiger partial charge in [0.2, 0.25) is 0 Å². The number of Topliss-reactive ketones (excluding diaryl/α,β-unsaturated/α-hetero) is 1. The second-order valence-corrected chi connectivity index (χ2v) is 9.53. The predicted octanol–water partition coefficient (Wildman–Crippen LogP) is 5.31. The summed E-state index contributed by atoms with van der Waals surface area (Å²) in [6.45, 7) is 3.94. The van der Waals surface area contributed by atoms with Crippen LogP contribution in [0.1, 0.15) is 49.7 Å². The highest BCUT2D eigenvalue weighted by Crippen LogP contribution is 2.48. The molecule has 3 atom stereocenters. The molecule has 1 saturated carbocycles. The fourth-order valence-corrected chi connectivity index (χ4v) is 5.52. The number of ether oxygens (including phenoxy) is 3. The van der Waals surface area contributed by atoms with Gasteiger partial charge in [-0.05, 0) is 77.5 Å². The Hall–Kier alpha value is -3.13. The summed E-state index contributed by atoms with van der Waals surface area (Å²) in [4.78, 5) is 31.3. The third kappa shape index (κ3) is 4.72. The van der Waals surface area contributed by atoms with Gasteiger partial charge in [0.25, 0.3) is 0 Å². The number of ketones is 1. The predicted molar refractivity (Wildman–Crippen MR) is 135 cm³/mol. The Morgan fingerprint density at radius 3 is 2.46 bits per heavy atom. The quantitative estimate of drug-likeness (QED) is 0.498. The van der Waals surface area contributed by atoms with Crippen LogP contribution in [0.3, 0.4) is 0 Å². The van der Waals surface area contributed by atoms with Gasteiger partial charge in [-0.2, -0.15) is 0 Å². The highest BCUT2D eigenvalue weighted by molar-refractivity contribution is 9.10. The van der Waals surface area contributed by atoms with Crippen molar-refractivity contribution >= 4 is 33.4 Å². The molecule has 2 aliphatic rings. The maximum absolute atomic E-state index is 13.7. The lowest BCUT2D eigenvalue weighted by Crippen LogP contribution is -2.41. The monoisotopic (exact) mass is 541 g/mol. The fraction of sp³-hybridized carbons (Fsp3) is 0.370. The van der Waals surface area contributed by atoms with Crippen molar-refractivity contribution in [2.45, 2.75) is 38.5 Å². The number of hydrogen-bond acceptors (Lipinski definition) is 7. The first-order valence-corrected chi connectivity index (χ1v) is 12.3. The summed E-state index contributed by atoms with van der Waals surface area (Å²) in [5.41, 5.74) is 3.34. The lowest BCUT2D eigenvalue weighted by atomic mass is 9.66. The van der Waals surface area contributed by atoms with Crippen LogP contribution in [-0.2, 0) is 14.3 Å². The summed E-state index contributed by atoms with van der Waals surface area (Å²) in [6, 6.07) is 11.2. The molecule has 1 N–H and O–H groups in total. The Labute approximate surface area is 212 Å². The molecule has 1 aliphatic heterocycles. The van der Waals surface area contributed by atoms with E-state index in [0.29, 0.717) is 40.8 Å². The Morgan fingerprint density at radius 2 is 1.83 bits per heavy atom. The highest BCUT2D eigenvalue weighted by atomic mass is 79.9. The van der Waals surface area contributed by atoms with Gasteiger partial charge in [0.1, 0.15) is 11.5 Å². The molecule has 8 heteroatoms. The van der Waals surface area contributed by atoms with Crippen LogP contribution in [0.25, 0.3) is 0 Å². The van der Waals surface area contributed by atoms with Crippen molar-refractivity contribution in [3.63, 3.8) is 0 Å². The summed E-state index contributed by atoms with van der Waals surface area (Å²) in [6.07, 6.45) is 0.931. The number of rotatable bonds is 6. The standard InChI is InChI=1S/C27H28BrNO6/c1-5-35-22-13-17(10-19(28)26(22)31)24-23(27(32)34-4)14(2)29-20-11-16(12-21(30)25(20)24)15-6-8-18(33-3)9-7-15/h6-10,13,16,24-25,31H,5,11-12H2,1-4H3/t16-,24-,25?/m0/s1. The van der Waals surface area contributed by atoms with Crippen molar-refractivity contribution in [1.29, 1.82) is 0 Å². The summed E-state index contributed by atoms with van der Waals surface area (Å²) in [5, 5.41) is 10.4. The van der Waals surface area contributed by atoms with Gasteiger partial charge in [0, 0.05) is 23.7 Å². The molecule has 0 radical (unpaired) electrons. The maximum atomic E-state index is 13.7. The second-order valence-electron chi connectivity index (χ2n) is 8.68. The number of nitrogens with zero attached hydrogens (tertiary/aromatic N) is 1. The number of aliphatic imine (C=N–C) groups is 1. The van der Waals surface area contributed by atoms with Gasteiger partial charge in [-0.15, -0.1) is 0 Å². The van der Waals surface area contributed by atoms with Crippen LogP contribution < -0.4 is 9.47 Å². The summed E-state index contributed by atoms with van der Waals surface area (Å²) >= 11 is 3.39. The minimum absolute atomic E-state index is 0.0110. The molecule has 7 nitrogen and oxygen atoms in total. The molecule has 2 aromatic rings. The van der Waals surface area contributed by atoms with Gasteiger partial charge in [-0.25, -0.2) is 4.79 Å². The van der Waals surface area contributed by atoms with Crippen molar-refractivity contribution in [2.75, 3.05) is 20.8 Å². The summed E-state index contributed by atoms with van der Waals surface area (Å²) in [7, 11) is 2.94. The smallest absolute Gasteiger partial charge is 0.336 e. The van der Waals surface area contributed by atoms with Crippen LogP contribution >= 0.6 is 15.9 Å². The van der Waals surface area contributed by atoms with Gasteiger partial charge < -0.3 is 19.3 Å². The molecule has 0 amide bonds. The van der Waals surface area contributed by atoms with E-state index in [1.807, 2.05) is 31.2 Å². The van der Waals surface area contributed by atoms with E-state index in [1.165, 1.54) is 7.11 Å². The van der Waals surface area contributed by atoms with E-state index in [1.54, 1.807) is 26.2 Å². The second kappa shape index (κ2) is 10.2. The molecule has 184 valence electrons. The normalized spacial score (nSPS) is 21.8. The summed E-state index contributed by atoms with van der Waals surface area (Å²) in [5.74, 6) is -0.726. The van der Waals surface area contributed by atoms with Crippen LogP contribution in [-0.4, -0.2) is 43.4 Å². The van der Waals surface area contributed by atoms with Gasteiger partial charge in [0.15, 0.2) is 11.5 Å². The molecule has 35 heavy (non-hydrogen) atoms. The number of phenolic OH excluding ortho intramolecular Hbond substituents is 1. The van der Waals surface area contributed by atoms with Crippen molar-refractivity contribution in [3.8, 4) is 17.2 Å². The molecule has 0 spiro atoms. The zero-order chi connectivity index (χ0) is 25.3. The molecule has 1 aliphatic carbocycles. The van der Waals surface area contributed by atoms with Crippen LogP contribution in [0.2, 0.25) is 0 Å². The fourth-order valence-electron chi connectivity index (χ4n) is 5.06. The molecular formula is C27H28BrNO6. The van der Waals surface area contributed by atoms with Crippen molar-refractivity contribution in [2.24, 2.45) is 10.9 Å². The average Bonchev–Trinajstić information content (AvgIpc) is 2.85. The first-order valence-electron chi connectivity index (χ1n) is 11.5. The SMILES string of the molecule is CCOc1cc([C@H]2C(C(=O)OC)=C(C)N=C3C[C@H](c4ccc(OC)cc4)CC(=O)C32)cc(Br)c1O. The minimum atomic E-state index is -0.604. The van der Waals surface area contributed by atoms with Crippen LogP contribution in [0.15, 0.2) is 57.1 Å². The lowest BCUT2D eigenvalue weighted by molar-refractivity contribution is -0.136. The average molecular weight is 542 g/mol. The van der Waals surface area contributed by atoms with E-state index in [4.69, 9.17) is 19.2 Å². The van der Waals surface area contributed by atoms with Crippen molar-refractivity contribution < 1.29 is 28.9 Å². The first kappa shape index (κ1) is 25.0. The highest BCUT2D eigenvalue weighted by Gasteiger charge is 2.46. The Kier molecular flexibility index (Phi) is 7.31. The Bertz CT molecular complexity index is 1220. The number of carbonyl (C=O) groups excluding carboxylic acids is 2. The molecule has 1 fully saturated rings. The van der Waals surface area contributed by atoms with Crippen molar-refractivity contribution in [1.82, 2.24) is 0 Å². The summed E-state index contributed by atoms with van der Waals surface area (Å²) < 4.78 is 16.4. The van der Waals surface area contributed by atoms with Gasteiger partial charge in [-0.1, -0.05) is 12.1 Å². The molecule has 2 aromatic carbocycles. The number of allylic oxidation sites excluding steroid dienone is 1. The first-order chi connectivity index (χ1) is 16.8. The number of aromatic hydroxyl groups is 1. The number of esters is 1. The molecule has 0 bridgehead atoms. The lowest BCUT2D eigenvalue weighted by Gasteiger charge is -2.38. The number of halogens is 1. The molecule has 0 aromatic heterocycles. The number of carbonyl (C=O) groups is 2. The molecular weight excluding hydrogens is 514 g/mol. The topological polar surface area (TPSA) is 94.4 Å². The van der Waals surface area contributed by atoms with Crippen LogP contribution in [0, 0.1) is 5.92 Å². The van der Waals surface area contributed by atoms with Crippen LogP contribution in [0.4, 0.5) is 0 Å². The largest absolute Gasteiger partial charge is 0.503 e. The molecule has 4 rings (SSSR count). The third-order valence-electron chi connectivity index (χ3n) is 6.66. The molecule has 1 heterocycles. The number of benzene rings is 2. The minimum Gasteiger partial charge on any atom is -0.503 e. The molecule has 0 saturated heterocycles. The van der Waals surface area contributed by atoms with E-state index in [2.05, 4.69) is 15.9 Å². The van der Waals surface area contributed by atoms with E-state index in [0.717, 1.165) is 17.0 Å². The van der Waals surface area contributed by atoms with E-state index in [9.17, 15) is 14.7 Å². The Balaban J connectivity index is 1.80. The zero-order valence-corrected chi connectivity index (χ0v) is 21.7. The van der Waals surface area contributed by atoms with Crippen molar-refractivity contribution in [3.05, 3.63) is 63.3 Å². The van der Waals surface area contributed by atoms with Crippen LogP contribution in [0.5, 0.6) is 17.2 Å². The maximum Gasteiger partial charge on any atom is 0.336 e. The third-order valence-corrected chi connectivity index (χ3v) is 7.26.